The summed E-state index contributed by atoms with van der Waals surface area (Å²) in [5.41, 5.74) is -0.219. The molecule has 0 spiro atoms. The Morgan fingerprint density at radius 3 is 2.26 bits per heavy atom. The zero-order valence-corrected chi connectivity index (χ0v) is 11.4. The molecule has 19 heavy (non-hydrogen) atoms. The topological polar surface area (TPSA) is 65.3 Å². The molecule has 0 unspecified atom stereocenters. The molecule has 5 nitrogen and oxygen atoms in total. The molecular formula is C11H5Cl3N2O3. The van der Waals surface area contributed by atoms with E-state index in [1.54, 1.807) is 0 Å². The second-order valence-electron chi connectivity index (χ2n) is 3.45. The van der Waals surface area contributed by atoms with Gasteiger partial charge in [-0.2, -0.15) is 0 Å². The van der Waals surface area contributed by atoms with Crippen LogP contribution in [0.1, 0.15) is 0 Å². The zero-order valence-electron chi connectivity index (χ0n) is 9.14. The first-order valence-corrected chi connectivity index (χ1v) is 6.03. The molecule has 2 aromatic rings. The minimum atomic E-state index is -0.592. The van der Waals surface area contributed by atoms with E-state index < -0.39 is 4.92 Å². The van der Waals surface area contributed by atoms with Gasteiger partial charge in [-0.15, -0.1) is 0 Å². The number of rotatable bonds is 3. The van der Waals surface area contributed by atoms with Gasteiger partial charge in [0.25, 0.3) is 5.69 Å². The number of benzene rings is 1. The highest BCUT2D eigenvalue weighted by atomic mass is 35.5. The van der Waals surface area contributed by atoms with Crippen LogP contribution in [0.25, 0.3) is 0 Å². The maximum atomic E-state index is 10.7. The van der Waals surface area contributed by atoms with E-state index in [-0.39, 0.29) is 16.7 Å². The van der Waals surface area contributed by atoms with Crippen molar-refractivity contribution in [1.82, 2.24) is 4.98 Å². The summed E-state index contributed by atoms with van der Waals surface area (Å²) >= 11 is 17.3. The highest BCUT2D eigenvalue weighted by molar-refractivity contribution is 6.34. The molecule has 0 bridgehead atoms. The average Bonchev–Trinajstić information content (AvgIpc) is 2.26. The van der Waals surface area contributed by atoms with Gasteiger partial charge >= 0.3 is 0 Å². The highest BCUT2D eigenvalue weighted by Gasteiger charge is 2.12. The molecule has 1 aromatic carbocycles. The Bertz CT molecular complexity index is 629. The van der Waals surface area contributed by atoms with Crippen molar-refractivity contribution in [2.45, 2.75) is 0 Å². The molecule has 0 aliphatic carbocycles. The van der Waals surface area contributed by atoms with Crippen molar-refractivity contribution in [2.24, 2.45) is 0 Å². The Kier molecular flexibility index (Phi) is 4.09. The molecule has 8 heteroatoms. The number of nitrogens with zero attached hydrogens (tertiary/aromatic N) is 2. The fraction of sp³-hybridized carbons (Fsp3) is 0. The van der Waals surface area contributed by atoms with Crippen LogP contribution in [-0.2, 0) is 0 Å². The first-order chi connectivity index (χ1) is 8.94. The van der Waals surface area contributed by atoms with Crippen LogP contribution < -0.4 is 4.74 Å². The van der Waals surface area contributed by atoms with Gasteiger partial charge in [-0.05, 0) is 18.2 Å². The van der Waals surface area contributed by atoms with Crippen LogP contribution in [0.3, 0.4) is 0 Å². The lowest BCUT2D eigenvalue weighted by Crippen LogP contribution is -1.93. The van der Waals surface area contributed by atoms with Crippen molar-refractivity contribution in [1.29, 1.82) is 0 Å². The predicted molar refractivity (Wildman–Crippen MR) is 72.4 cm³/mol. The molecule has 0 saturated heterocycles. The summed E-state index contributed by atoms with van der Waals surface area (Å²) in [7, 11) is 0. The summed E-state index contributed by atoms with van der Waals surface area (Å²) < 4.78 is 5.34. The second-order valence-corrected chi connectivity index (χ2v) is 4.71. The number of ether oxygens (including phenoxy) is 1. The van der Waals surface area contributed by atoms with Gasteiger partial charge < -0.3 is 4.74 Å². The number of halogens is 3. The van der Waals surface area contributed by atoms with E-state index in [0.717, 1.165) is 12.1 Å². The zero-order chi connectivity index (χ0) is 14.0. The molecule has 0 N–H and O–H groups in total. The first-order valence-electron chi connectivity index (χ1n) is 4.90. The van der Waals surface area contributed by atoms with Gasteiger partial charge in [0.1, 0.15) is 10.9 Å². The van der Waals surface area contributed by atoms with Crippen molar-refractivity contribution in [3.05, 3.63) is 55.6 Å². The molecule has 0 saturated carbocycles. The van der Waals surface area contributed by atoms with E-state index >= 15 is 0 Å². The van der Waals surface area contributed by atoms with Crippen molar-refractivity contribution >= 4 is 40.5 Å². The molecular weight excluding hydrogens is 314 g/mol. The number of hydrogen-bond acceptors (Lipinski definition) is 4. The van der Waals surface area contributed by atoms with Crippen molar-refractivity contribution in [3.63, 3.8) is 0 Å². The van der Waals surface area contributed by atoms with Gasteiger partial charge in [0.05, 0.1) is 17.1 Å². The lowest BCUT2D eigenvalue weighted by Gasteiger charge is -2.06. The monoisotopic (exact) mass is 318 g/mol. The quantitative estimate of drug-likeness (QED) is 0.465. The van der Waals surface area contributed by atoms with E-state index in [4.69, 9.17) is 39.5 Å². The largest absolute Gasteiger partial charge is 0.439 e. The first kappa shape index (κ1) is 13.9. The third kappa shape index (κ3) is 3.70. The van der Waals surface area contributed by atoms with Crippen molar-refractivity contribution in [3.8, 4) is 11.6 Å². The normalized spacial score (nSPS) is 10.3. The summed E-state index contributed by atoms with van der Waals surface area (Å²) in [5, 5.41) is 11.4. The van der Waals surface area contributed by atoms with E-state index in [1.165, 1.54) is 18.2 Å². The van der Waals surface area contributed by atoms with Crippen LogP contribution in [-0.4, -0.2) is 9.91 Å². The minimum Gasteiger partial charge on any atom is -0.439 e. The molecule has 0 atom stereocenters. The van der Waals surface area contributed by atoms with Crippen LogP contribution in [0, 0.1) is 10.1 Å². The Labute approximate surface area is 122 Å². The molecule has 2 rings (SSSR count). The Morgan fingerprint density at radius 1 is 1.05 bits per heavy atom. The summed E-state index contributed by atoms with van der Waals surface area (Å²) in [6.07, 6.45) is 0. The summed E-state index contributed by atoms with van der Waals surface area (Å²) in [5.74, 6) is 0.291. The van der Waals surface area contributed by atoms with Gasteiger partial charge in [-0.1, -0.05) is 34.8 Å². The maximum Gasteiger partial charge on any atom is 0.277 e. The number of hydrogen-bond donors (Lipinski definition) is 0. The van der Waals surface area contributed by atoms with Crippen molar-refractivity contribution < 1.29 is 9.66 Å². The molecule has 0 aliphatic rings. The smallest absolute Gasteiger partial charge is 0.277 e. The fourth-order valence-electron chi connectivity index (χ4n) is 1.33. The van der Waals surface area contributed by atoms with Crippen LogP contribution in [0.4, 0.5) is 5.69 Å². The summed E-state index contributed by atoms with van der Waals surface area (Å²) in [4.78, 5) is 13.9. The molecule has 0 fully saturated rings. The third-order valence-electron chi connectivity index (χ3n) is 2.02. The van der Waals surface area contributed by atoms with E-state index in [9.17, 15) is 10.1 Å². The van der Waals surface area contributed by atoms with Gasteiger partial charge in [0.15, 0.2) is 0 Å². The SMILES string of the molecule is O=[N+]([O-])c1cc(Cl)nc(Oc2cc(Cl)cc(Cl)c2)c1. The lowest BCUT2D eigenvalue weighted by atomic mass is 10.3. The van der Waals surface area contributed by atoms with Crippen LogP contribution in [0.2, 0.25) is 15.2 Å². The molecule has 98 valence electrons. The molecule has 1 aromatic heterocycles. The fourth-order valence-corrected chi connectivity index (χ4v) is 2.03. The third-order valence-corrected chi connectivity index (χ3v) is 2.65. The Hall–Kier alpha value is -1.56. The van der Waals surface area contributed by atoms with Crippen molar-refractivity contribution in [2.75, 3.05) is 0 Å². The van der Waals surface area contributed by atoms with Gasteiger partial charge in [0.2, 0.25) is 5.88 Å². The van der Waals surface area contributed by atoms with Crippen LogP contribution >= 0.6 is 34.8 Å². The molecule has 0 radical (unpaired) electrons. The van der Waals surface area contributed by atoms with Gasteiger partial charge in [-0.3, -0.25) is 10.1 Å². The lowest BCUT2D eigenvalue weighted by molar-refractivity contribution is -0.385. The highest BCUT2D eigenvalue weighted by Crippen LogP contribution is 2.30. The van der Waals surface area contributed by atoms with E-state index in [2.05, 4.69) is 4.98 Å². The minimum absolute atomic E-state index is 0.0162. The number of nitro groups is 1. The number of pyridine rings is 1. The molecule has 0 amide bonds. The van der Waals surface area contributed by atoms with Gasteiger partial charge in [0, 0.05) is 10.0 Å². The predicted octanol–water partition coefficient (Wildman–Crippen LogP) is 4.74. The average molecular weight is 320 g/mol. The number of aromatic nitrogens is 1. The van der Waals surface area contributed by atoms with E-state index in [1.807, 2.05) is 0 Å². The second kappa shape index (κ2) is 5.61. The Morgan fingerprint density at radius 2 is 1.68 bits per heavy atom. The Balaban J connectivity index is 2.35. The van der Waals surface area contributed by atoms with Crippen LogP contribution in [0.5, 0.6) is 11.6 Å². The van der Waals surface area contributed by atoms with Crippen LogP contribution in [0.15, 0.2) is 30.3 Å². The molecule has 0 aliphatic heterocycles. The summed E-state index contributed by atoms with van der Waals surface area (Å²) in [6.45, 7) is 0. The standard InChI is InChI=1S/C11H5Cl3N2O3/c12-6-1-7(13)3-9(2-6)19-11-5-8(16(17)18)4-10(14)15-11/h1-5H. The maximum absolute atomic E-state index is 10.7. The van der Waals surface area contributed by atoms with E-state index in [0.29, 0.717) is 15.8 Å². The summed E-state index contributed by atoms with van der Waals surface area (Å²) in [6, 6.07) is 6.81. The van der Waals surface area contributed by atoms with Gasteiger partial charge in [-0.25, -0.2) is 4.98 Å². The molecule has 1 heterocycles.